The highest BCUT2D eigenvalue weighted by Gasteiger charge is 2.25. The third kappa shape index (κ3) is 4.05. The molecule has 1 saturated carbocycles. The Labute approximate surface area is 128 Å². The summed E-state index contributed by atoms with van der Waals surface area (Å²) in [7, 11) is 0. The molecule has 2 amide bonds. The highest BCUT2D eigenvalue weighted by atomic mass is 32.1. The molecule has 0 aliphatic heterocycles. The molecule has 0 unspecified atom stereocenters. The van der Waals surface area contributed by atoms with E-state index in [1.165, 1.54) is 17.8 Å². The molecule has 1 aliphatic rings. The molecule has 0 radical (unpaired) electrons. The molecule has 1 aliphatic carbocycles. The Morgan fingerprint density at radius 2 is 2.24 bits per heavy atom. The molecule has 2 atom stereocenters. The van der Waals surface area contributed by atoms with Gasteiger partial charge in [-0.3, -0.25) is 9.59 Å². The van der Waals surface area contributed by atoms with Crippen molar-refractivity contribution in [2.24, 2.45) is 5.92 Å². The van der Waals surface area contributed by atoms with Gasteiger partial charge in [-0.15, -0.1) is 11.3 Å². The van der Waals surface area contributed by atoms with Crippen LogP contribution in [0.4, 0.5) is 5.00 Å². The van der Waals surface area contributed by atoms with Crippen molar-refractivity contribution in [3.05, 3.63) is 17.0 Å². The Morgan fingerprint density at radius 1 is 1.43 bits per heavy atom. The molecule has 6 heteroatoms. The van der Waals surface area contributed by atoms with Crippen molar-refractivity contribution in [3.63, 3.8) is 0 Å². The van der Waals surface area contributed by atoms with Gasteiger partial charge in [-0.25, -0.2) is 0 Å². The molecule has 21 heavy (non-hydrogen) atoms. The molecule has 1 aromatic rings. The number of hydrogen-bond acceptors (Lipinski definition) is 4. The average molecular weight is 305 g/mol. The summed E-state index contributed by atoms with van der Waals surface area (Å²) in [6.07, 6.45) is 5.28. The second-order valence-electron chi connectivity index (χ2n) is 5.34. The molecule has 0 spiro atoms. The van der Waals surface area contributed by atoms with Gasteiger partial charge in [0.05, 0.1) is 5.56 Å². The first-order valence-electron chi connectivity index (χ1n) is 7.23. The van der Waals surface area contributed by atoms with Gasteiger partial charge in [-0.2, -0.15) is 5.26 Å². The molecule has 0 bridgehead atoms. The van der Waals surface area contributed by atoms with E-state index in [1.54, 1.807) is 11.4 Å². The zero-order valence-electron chi connectivity index (χ0n) is 12.0. The first kappa shape index (κ1) is 15.5. The molecular formula is C15H19N3O2S. The number of carbonyl (C=O) groups is 2. The van der Waals surface area contributed by atoms with E-state index in [-0.39, 0.29) is 6.04 Å². The van der Waals surface area contributed by atoms with Gasteiger partial charge in [0.2, 0.25) is 0 Å². The standard InChI is InChI=1S/C15H19N3O2S/c1-2-10-4-3-5-12(8-10)17-13(19)14(20)18-15-11(9-16)6-7-21-15/h6-7,10,12H,2-5,8H2,1H3,(H,17,19)(H,18,20)/t10-,12-/m1/s1. The fraction of sp³-hybridized carbons (Fsp3) is 0.533. The molecule has 5 nitrogen and oxygen atoms in total. The number of amides is 2. The lowest BCUT2D eigenvalue weighted by atomic mass is 9.84. The molecular weight excluding hydrogens is 286 g/mol. The summed E-state index contributed by atoms with van der Waals surface area (Å²) in [5.74, 6) is -0.684. The lowest BCUT2D eigenvalue weighted by Crippen LogP contribution is -2.43. The van der Waals surface area contributed by atoms with Gasteiger partial charge >= 0.3 is 11.8 Å². The molecule has 0 aromatic carbocycles. The van der Waals surface area contributed by atoms with Crippen LogP contribution in [0.5, 0.6) is 0 Å². The summed E-state index contributed by atoms with van der Waals surface area (Å²) < 4.78 is 0. The largest absolute Gasteiger partial charge is 0.345 e. The molecule has 0 saturated heterocycles. The molecule has 1 heterocycles. The third-order valence-corrected chi connectivity index (χ3v) is 4.74. The fourth-order valence-corrected chi connectivity index (χ4v) is 3.43. The zero-order chi connectivity index (χ0) is 15.2. The normalized spacial score (nSPS) is 21.3. The maximum Gasteiger partial charge on any atom is 0.314 e. The minimum Gasteiger partial charge on any atom is -0.345 e. The Balaban J connectivity index is 1.88. The van der Waals surface area contributed by atoms with Gasteiger partial charge in [0.25, 0.3) is 0 Å². The van der Waals surface area contributed by atoms with E-state index < -0.39 is 11.8 Å². The molecule has 2 rings (SSSR count). The van der Waals surface area contributed by atoms with Gasteiger partial charge in [-0.05, 0) is 30.2 Å². The van der Waals surface area contributed by atoms with Gasteiger partial charge in [0, 0.05) is 6.04 Å². The van der Waals surface area contributed by atoms with E-state index >= 15 is 0 Å². The van der Waals surface area contributed by atoms with Crippen LogP contribution in [-0.2, 0) is 9.59 Å². The van der Waals surface area contributed by atoms with E-state index in [0.29, 0.717) is 16.5 Å². The van der Waals surface area contributed by atoms with Crippen molar-refractivity contribution >= 4 is 28.2 Å². The van der Waals surface area contributed by atoms with E-state index in [1.807, 2.05) is 6.07 Å². The minimum absolute atomic E-state index is 0.0840. The summed E-state index contributed by atoms with van der Waals surface area (Å²) in [5.41, 5.74) is 0.380. The monoisotopic (exact) mass is 305 g/mol. The molecule has 1 aromatic heterocycles. The summed E-state index contributed by atoms with van der Waals surface area (Å²) in [6, 6.07) is 3.68. The van der Waals surface area contributed by atoms with Gasteiger partial charge in [0.1, 0.15) is 11.1 Å². The maximum atomic E-state index is 11.9. The van der Waals surface area contributed by atoms with E-state index in [4.69, 9.17) is 5.26 Å². The van der Waals surface area contributed by atoms with Crippen LogP contribution in [-0.4, -0.2) is 17.9 Å². The van der Waals surface area contributed by atoms with E-state index in [2.05, 4.69) is 17.6 Å². The molecule has 2 N–H and O–H groups in total. The highest BCUT2D eigenvalue weighted by molar-refractivity contribution is 7.14. The number of carbonyl (C=O) groups excluding carboxylic acids is 2. The van der Waals surface area contributed by atoms with Crippen LogP contribution in [0.2, 0.25) is 0 Å². The quantitative estimate of drug-likeness (QED) is 0.842. The molecule has 1 fully saturated rings. The van der Waals surface area contributed by atoms with Crippen molar-refractivity contribution in [2.75, 3.05) is 5.32 Å². The summed E-state index contributed by atoms with van der Waals surface area (Å²) in [6.45, 7) is 2.15. The van der Waals surface area contributed by atoms with Crippen LogP contribution in [0, 0.1) is 17.2 Å². The van der Waals surface area contributed by atoms with Crippen LogP contribution in [0.25, 0.3) is 0 Å². The number of nitriles is 1. The number of nitrogens with one attached hydrogen (secondary N) is 2. The summed E-state index contributed by atoms with van der Waals surface area (Å²) in [4.78, 5) is 23.8. The van der Waals surface area contributed by atoms with Gasteiger partial charge in [0.15, 0.2) is 0 Å². The number of hydrogen-bond donors (Lipinski definition) is 2. The SMILES string of the molecule is CC[C@@H]1CCC[C@@H](NC(=O)C(=O)Nc2sccc2C#N)C1. The van der Waals surface area contributed by atoms with Crippen molar-refractivity contribution < 1.29 is 9.59 Å². The van der Waals surface area contributed by atoms with Gasteiger partial charge < -0.3 is 10.6 Å². The second-order valence-corrected chi connectivity index (χ2v) is 6.26. The smallest absolute Gasteiger partial charge is 0.314 e. The maximum absolute atomic E-state index is 11.9. The Morgan fingerprint density at radius 3 is 2.95 bits per heavy atom. The van der Waals surface area contributed by atoms with Crippen molar-refractivity contribution in [1.29, 1.82) is 5.26 Å². The van der Waals surface area contributed by atoms with Gasteiger partial charge in [-0.1, -0.05) is 26.2 Å². The number of rotatable bonds is 3. The van der Waals surface area contributed by atoms with Crippen molar-refractivity contribution in [2.45, 2.75) is 45.1 Å². The highest BCUT2D eigenvalue weighted by Crippen LogP contribution is 2.26. The zero-order valence-corrected chi connectivity index (χ0v) is 12.8. The van der Waals surface area contributed by atoms with Crippen molar-refractivity contribution in [1.82, 2.24) is 5.32 Å². The van der Waals surface area contributed by atoms with Crippen LogP contribution in [0.1, 0.15) is 44.6 Å². The number of nitrogens with zero attached hydrogens (tertiary/aromatic N) is 1. The fourth-order valence-electron chi connectivity index (χ4n) is 2.70. The number of anilines is 1. The lowest BCUT2D eigenvalue weighted by Gasteiger charge is -2.28. The lowest BCUT2D eigenvalue weighted by molar-refractivity contribution is -0.136. The number of thiophene rings is 1. The van der Waals surface area contributed by atoms with Crippen LogP contribution >= 0.6 is 11.3 Å². The van der Waals surface area contributed by atoms with Crippen molar-refractivity contribution in [3.8, 4) is 6.07 Å². The topological polar surface area (TPSA) is 82.0 Å². The predicted molar refractivity (Wildman–Crippen MR) is 81.8 cm³/mol. The minimum atomic E-state index is -0.701. The summed E-state index contributed by atoms with van der Waals surface area (Å²) in [5, 5.41) is 16.3. The van der Waals surface area contributed by atoms with Crippen LogP contribution in [0.15, 0.2) is 11.4 Å². The van der Waals surface area contributed by atoms with E-state index in [0.717, 1.165) is 25.7 Å². The second kappa shape index (κ2) is 7.23. The van der Waals surface area contributed by atoms with Crippen LogP contribution in [0.3, 0.4) is 0 Å². The third-order valence-electron chi connectivity index (χ3n) is 3.91. The predicted octanol–water partition coefficient (Wildman–Crippen LogP) is 2.64. The molecule has 112 valence electrons. The van der Waals surface area contributed by atoms with E-state index in [9.17, 15) is 9.59 Å². The summed E-state index contributed by atoms with van der Waals surface area (Å²) >= 11 is 1.24. The van der Waals surface area contributed by atoms with Crippen LogP contribution < -0.4 is 10.6 Å². The Hall–Kier alpha value is -1.87. The average Bonchev–Trinajstić information content (AvgIpc) is 2.94. The first-order valence-corrected chi connectivity index (χ1v) is 8.11. The first-order chi connectivity index (χ1) is 10.1. The Bertz CT molecular complexity index is 562. The Kier molecular flexibility index (Phi) is 5.34.